The summed E-state index contributed by atoms with van der Waals surface area (Å²) in [5.74, 6) is 1.20. The van der Waals surface area contributed by atoms with Gasteiger partial charge in [-0.2, -0.15) is 0 Å². The largest absolute Gasteiger partial charge is 0.454 e. The number of sulfonamides is 1. The first-order valence-corrected chi connectivity index (χ1v) is 13.1. The number of hydrogen-bond donors (Lipinski definition) is 0. The molecule has 3 aromatic rings. The number of Topliss-reactive ketones (excluding diaryl/α,β-unsaturated/α-hetero) is 1. The molecule has 0 bridgehead atoms. The molecule has 0 aromatic heterocycles. The summed E-state index contributed by atoms with van der Waals surface area (Å²) in [6.07, 6.45) is 1.66. The molecule has 1 fully saturated rings. The number of para-hydroxylation sites is 3. The van der Waals surface area contributed by atoms with Gasteiger partial charge in [0.2, 0.25) is 0 Å². The van der Waals surface area contributed by atoms with Gasteiger partial charge >= 0.3 is 0 Å². The minimum atomic E-state index is -3.76. The van der Waals surface area contributed by atoms with Crippen LogP contribution in [0.1, 0.15) is 28.8 Å². The van der Waals surface area contributed by atoms with Crippen molar-refractivity contribution in [3.8, 4) is 11.5 Å². The summed E-state index contributed by atoms with van der Waals surface area (Å²) in [7, 11) is -3.76. The van der Waals surface area contributed by atoms with Crippen molar-refractivity contribution >= 4 is 21.5 Å². The Morgan fingerprint density at radius 3 is 2.29 bits per heavy atom. The molecule has 176 valence electrons. The monoisotopic (exact) mass is 476 g/mol. The van der Waals surface area contributed by atoms with Crippen molar-refractivity contribution in [3.05, 3.63) is 83.9 Å². The molecule has 0 unspecified atom stereocenters. The summed E-state index contributed by atoms with van der Waals surface area (Å²) in [4.78, 5) is 15.0. The van der Waals surface area contributed by atoms with E-state index in [0.29, 0.717) is 30.3 Å². The van der Waals surface area contributed by atoms with Gasteiger partial charge in [-0.1, -0.05) is 54.1 Å². The average molecular weight is 477 g/mol. The fraction of sp³-hybridized carbons (Fsp3) is 0.296. The molecular weight excluding hydrogens is 448 g/mol. The third-order valence-corrected chi connectivity index (χ3v) is 8.46. The van der Waals surface area contributed by atoms with E-state index in [1.54, 1.807) is 36.4 Å². The number of ether oxygens (including phenoxy) is 1. The number of carbonyl (C=O) groups is 1. The molecule has 0 aliphatic carbocycles. The number of nitrogens with zero attached hydrogens (tertiary/aromatic N) is 2. The maximum Gasteiger partial charge on any atom is 0.268 e. The zero-order chi connectivity index (χ0) is 23.7. The molecule has 2 aliphatic heterocycles. The zero-order valence-electron chi connectivity index (χ0n) is 19.2. The maximum absolute atomic E-state index is 13.6. The SMILES string of the molecule is Cc1ccc(C(=O)CN2CCC(CN3c4ccccc4Oc4ccccc4S3(=O)=O)CC2)cc1. The number of benzene rings is 3. The van der Waals surface area contributed by atoms with Crippen LogP contribution in [0, 0.1) is 12.8 Å². The van der Waals surface area contributed by atoms with Crippen molar-refractivity contribution in [1.82, 2.24) is 4.90 Å². The third-order valence-electron chi connectivity index (χ3n) is 6.64. The molecule has 34 heavy (non-hydrogen) atoms. The predicted molar refractivity (Wildman–Crippen MR) is 132 cm³/mol. The highest BCUT2D eigenvalue weighted by Gasteiger charge is 2.35. The Hall–Kier alpha value is -3.16. The molecule has 0 spiro atoms. The fourth-order valence-corrected chi connectivity index (χ4v) is 6.32. The Morgan fingerprint density at radius 1 is 0.912 bits per heavy atom. The summed E-state index contributed by atoms with van der Waals surface area (Å²) in [6, 6.07) is 21.8. The van der Waals surface area contributed by atoms with Crippen LogP contribution in [-0.2, 0) is 10.0 Å². The van der Waals surface area contributed by atoms with E-state index in [-0.39, 0.29) is 16.6 Å². The molecule has 0 N–H and O–H groups in total. The number of carbonyl (C=O) groups excluding carboxylic acids is 1. The highest BCUT2D eigenvalue weighted by molar-refractivity contribution is 7.93. The molecule has 7 heteroatoms. The van der Waals surface area contributed by atoms with E-state index in [2.05, 4.69) is 4.90 Å². The van der Waals surface area contributed by atoms with Crippen molar-refractivity contribution in [1.29, 1.82) is 0 Å². The number of fused-ring (bicyclic) bond motifs is 2. The molecule has 2 aliphatic rings. The summed E-state index contributed by atoms with van der Waals surface area (Å²) in [6.45, 7) is 4.32. The molecule has 5 rings (SSSR count). The predicted octanol–water partition coefficient (Wildman–Crippen LogP) is 4.89. The first-order valence-electron chi connectivity index (χ1n) is 11.6. The van der Waals surface area contributed by atoms with Crippen LogP contribution in [0.2, 0.25) is 0 Å². The molecule has 0 amide bonds. The normalized spacial score (nSPS) is 17.9. The van der Waals surface area contributed by atoms with Crippen LogP contribution in [-0.4, -0.2) is 45.3 Å². The topological polar surface area (TPSA) is 66.9 Å². The minimum Gasteiger partial charge on any atom is -0.454 e. The highest BCUT2D eigenvalue weighted by Crippen LogP contribution is 2.43. The molecule has 0 atom stereocenters. The van der Waals surface area contributed by atoms with Gasteiger partial charge in [0.05, 0.1) is 12.2 Å². The van der Waals surface area contributed by atoms with Crippen molar-refractivity contribution < 1.29 is 17.9 Å². The van der Waals surface area contributed by atoms with E-state index >= 15 is 0 Å². The molecule has 6 nitrogen and oxygen atoms in total. The van der Waals surface area contributed by atoms with Gasteiger partial charge in [0.15, 0.2) is 11.5 Å². The molecular formula is C27H28N2O4S. The molecule has 3 aromatic carbocycles. The second kappa shape index (κ2) is 9.24. The zero-order valence-corrected chi connectivity index (χ0v) is 20.0. The van der Waals surface area contributed by atoms with Gasteiger partial charge in [-0.05, 0) is 63.0 Å². The second-order valence-corrected chi connectivity index (χ2v) is 10.9. The van der Waals surface area contributed by atoms with E-state index in [1.165, 1.54) is 4.31 Å². The van der Waals surface area contributed by atoms with Crippen LogP contribution in [0.4, 0.5) is 5.69 Å². The van der Waals surface area contributed by atoms with Crippen molar-refractivity contribution in [2.24, 2.45) is 5.92 Å². The minimum absolute atomic E-state index is 0.122. The molecule has 0 radical (unpaired) electrons. The van der Waals surface area contributed by atoms with Crippen LogP contribution in [0.25, 0.3) is 0 Å². The van der Waals surface area contributed by atoms with E-state index in [9.17, 15) is 13.2 Å². The number of rotatable bonds is 5. The van der Waals surface area contributed by atoms with Crippen LogP contribution in [0.3, 0.4) is 0 Å². The van der Waals surface area contributed by atoms with E-state index in [1.807, 2.05) is 43.3 Å². The lowest BCUT2D eigenvalue weighted by molar-refractivity contribution is 0.0898. The van der Waals surface area contributed by atoms with Gasteiger partial charge in [0.1, 0.15) is 10.6 Å². The number of ketones is 1. The van der Waals surface area contributed by atoms with Crippen LogP contribution < -0.4 is 9.04 Å². The van der Waals surface area contributed by atoms with Gasteiger partial charge in [-0.3, -0.25) is 14.0 Å². The smallest absolute Gasteiger partial charge is 0.268 e. The van der Waals surface area contributed by atoms with Crippen molar-refractivity contribution in [2.45, 2.75) is 24.7 Å². The summed E-state index contributed by atoms with van der Waals surface area (Å²) >= 11 is 0. The first-order chi connectivity index (χ1) is 16.4. The second-order valence-electron chi connectivity index (χ2n) is 9.06. The van der Waals surface area contributed by atoms with Crippen molar-refractivity contribution in [3.63, 3.8) is 0 Å². The Morgan fingerprint density at radius 2 is 1.56 bits per heavy atom. The standard InChI is InChI=1S/C27H28N2O4S/c1-20-10-12-22(13-11-20)24(30)19-28-16-14-21(15-17-28)18-29-23-6-2-3-7-25(23)33-26-8-4-5-9-27(26)34(29,31)32/h2-13,21H,14-19H2,1H3. The molecule has 1 saturated heterocycles. The van der Waals surface area contributed by atoms with E-state index in [4.69, 9.17) is 4.74 Å². The van der Waals surface area contributed by atoms with Gasteiger partial charge < -0.3 is 4.74 Å². The Kier molecular flexibility index (Phi) is 6.15. The Labute approximate surface area is 200 Å². The van der Waals surface area contributed by atoms with Crippen LogP contribution in [0.5, 0.6) is 11.5 Å². The van der Waals surface area contributed by atoms with Gasteiger partial charge in [-0.25, -0.2) is 8.42 Å². The van der Waals surface area contributed by atoms with Crippen LogP contribution >= 0.6 is 0 Å². The molecule has 2 heterocycles. The lowest BCUT2D eigenvalue weighted by atomic mass is 9.96. The van der Waals surface area contributed by atoms with E-state index < -0.39 is 10.0 Å². The van der Waals surface area contributed by atoms with Gasteiger partial charge in [-0.15, -0.1) is 0 Å². The number of hydrogen-bond acceptors (Lipinski definition) is 5. The summed E-state index contributed by atoms with van der Waals surface area (Å²) < 4.78 is 34.8. The fourth-order valence-electron chi connectivity index (χ4n) is 4.66. The summed E-state index contributed by atoms with van der Waals surface area (Å²) in [5.41, 5.74) is 2.43. The summed E-state index contributed by atoms with van der Waals surface area (Å²) in [5, 5.41) is 0. The van der Waals surface area contributed by atoms with Crippen LogP contribution in [0.15, 0.2) is 77.7 Å². The number of piperidine rings is 1. The number of likely N-dealkylation sites (tertiary alicyclic amines) is 1. The lowest BCUT2D eigenvalue weighted by Gasteiger charge is -2.34. The third kappa shape index (κ3) is 4.45. The number of anilines is 1. The quantitative estimate of drug-likeness (QED) is 0.491. The Bertz CT molecular complexity index is 1300. The average Bonchev–Trinajstić information content (AvgIpc) is 2.93. The molecule has 0 saturated carbocycles. The van der Waals surface area contributed by atoms with Gasteiger partial charge in [0, 0.05) is 12.1 Å². The van der Waals surface area contributed by atoms with Gasteiger partial charge in [0.25, 0.3) is 10.0 Å². The lowest BCUT2D eigenvalue weighted by Crippen LogP contribution is -2.42. The number of aryl methyl sites for hydroxylation is 1. The first kappa shape index (κ1) is 22.6. The Balaban J connectivity index is 1.30. The highest BCUT2D eigenvalue weighted by atomic mass is 32.2. The van der Waals surface area contributed by atoms with E-state index in [0.717, 1.165) is 37.1 Å². The van der Waals surface area contributed by atoms with Crippen molar-refractivity contribution in [2.75, 3.05) is 30.5 Å². The maximum atomic E-state index is 13.6.